The lowest BCUT2D eigenvalue weighted by Gasteiger charge is -2.34. The van der Waals surface area contributed by atoms with Gasteiger partial charge < -0.3 is 10.6 Å². The molecular weight excluding hydrogens is 300 g/mol. The molecule has 22 heavy (non-hydrogen) atoms. The van der Waals surface area contributed by atoms with Crippen molar-refractivity contribution in [1.82, 2.24) is 10.6 Å². The van der Waals surface area contributed by atoms with Crippen molar-refractivity contribution in [2.75, 3.05) is 25.4 Å². The van der Waals surface area contributed by atoms with Gasteiger partial charge in [-0.1, -0.05) is 13.8 Å². The zero-order chi connectivity index (χ0) is 16.2. The molecule has 1 aromatic rings. The number of amides is 1. The van der Waals surface area contributed by atoms with Crippen molar-refractivity contribution < 1.29 is 13.2 Å². The highest BCUT2D eigenvalue weighted by Gasteiger charge is 2.27. The van der Waals surface area contributed by atoms with Crippen LogP contribution in [-0.2, 0) is 9.84 Å². The number of carbonyl (C=O) groups excluding carboxylic acids is 1. The topological polar surface area (TPSA) is 75.3 Å². The van der Waals surface area contributed by atoms with Crippen LogP contribution in [0.2, 0.25) is 0 Å². The lowest BCUT2D eigenvalue weighted by Crippen LogP contribution is -2.42. The highest BCUT2D eigenvalue weighted by molar-refractivity contribution is 7.91. The first kappa shape index (κ1) is 17.0. The summed E-state index contributed by atoms with van der Waals surface area (Å²) in [6, 6.07) is 6.14. The summed E-state index contributed by atoms with van der Waals surface area (Å²) in [6.45, 7) is 6.40. The lowest BCUT2D eigenvalue weighted by atomic mass is 9.81. The molecule has 1 saturated heterocycles. The Kier molecular flexibility index (Phi) is 5.24. The molecule has 0 radical (unpaired) electrons. The van der Waals surface area contributed by atoms with Crippen molar-refractivity contribution in [2.24, 2.45) is 5.41 Å². The van der Waals surface area contributed by atoms with E-state index in [0.717, 1.165) is 25.9 Å². The molecule has 1 heterocycles. The fourth-order valence-corrected chi connectivity index (χ4v) is 3.47. The Morgan fingerprint density at radius 3 is 2.36 bits per heavy atom. The van der Waals surface area contributed by atoms with Crippen molar-refractivity contribution >= 4 is 15.7 Å². The normalized spacial score (nSPS) is 17.9. The van der Waals surface area contributed by atoms with Gasteiger partial charge >= 0.3 is 0 Å². The van der Waals surface area contributed by atoms with Gasteiger partial charge in [0.05, 0.1) is 10.6 Å². The molecule has 5 nitrogen and oxygen atoms in total. The van der Waals surface area contributed by atoms with Gasteiger partial charge in [-0.25, -0.2) is 8.42 Å². The van der Waals surface area contributed by atoms with Crippen molar-refractivity contribution in [3.63, 3.8) is 0 Å². The maximum atomic E-state index is 12.2. The fourth-order valence-electron chi connectivity index (χ4n) is 2.58. The highest BCUT2D eigenvalue weighted by atomic mass is 32.2. The molecule has 0 aliphatic carbocycles. The SMILES string of the molecule is CCS(=O)(=O)c1ccc(C(=O)NCC2(C)CCNCC2)cc1. The minimum Gasteiger partial charge on any atom is -0.351 e. The third-order valence-electron chi connectivity index (χ3n) is 4.34. The first-order valence-electron chi connectivity index (χ1n) is 7.68. The van der Waals surface area contributed by atoms with Crippen LogP contribution >= 0.6 is 0 Å². The first-order chi connectivity index (χ1) is 10.4. The Hall–Kier alpha value is -1.40. The Labute approximate surface area is 132 Å². The molecule has 0 saturated carbocycles. The molecule has 1 aliphatic rings. The van der Waals surface area contributed by atoms with Crippen molar-refractivity contribution in [3.05, 3.63) is 29.8 Å². The predicted molar refractivity (Wildman–Crippen MR) is 86.7 cm³/mol. The zero-order valence-corrected chi connectivity index (χ0v) is 14.0. The van der Waals surface area contributed by atoms with Gasteiger partial charge in [-0.05, 0) is 55.6 Å². The van der Waals surface area contributed by atoms with E-state index in [4.69, 9.17) is 0 Å². The first-order valence-corrected chi connectivity index (χ1v) is 9.33. The van der Waals surface area contributed by atoms with E-state index in [1.165, 1.54) is 12.1 Å². The molecule has 1 aliphatic heterocycles. The van der Waals surface area contributed by atoms with Crippen molar-refractivity contribution in [2.45, 2.75) is 31.6 Å². The maximum Gasteiger partial charge on any atom is 0.251 e. The minimum atomic E-state index is -3.22. The maximum absolute atomic E-state index is 12.2. The second-order valence-electron chi connectivity index (χ2n) is 6.17. The monoisotopic (exact) mass is 324 g/mol. The van der Waals surface area contributed by atoms with E-state index in [1.807, 2.05) is 0 Å². The Morgan fingerprint density at radius 2 is 1.82 bits per heavy atom. The number of nitrogens with one attached hydrogen (secondary N) is 2. The third kappa shape index (κ3) is 4.08. The Balaban J connectivity index is 1.98. The van der Waals surface area contributed by atoms with Gasteiger partial charge in [0.1, 0.15) is 0 Å². The van der Waals surface area contributed by atoms with E-state index >= 15 is 0 Å². The molecule has 122 valence electrons. The summed E-state index contributed by atoms with van der Waals surface area (Å²) in [6.07, 6.45) is 2.09. The molecule has 1 aromatic carbocycles. The van der Waals surface area contributed by atoms with Crippen LogP contribution < -0.4 is 10.6 Å². The van der Waals surface area contributed by atoms with Crippen molar-refractivity contribution in [1.29, 1.82) is 0 Å². The smallest absolute Gasteiger partial charge is 0.251 e. The number of hydrogen-bond acceptors (Lipinski definition) is 4. The summed E-state index contributed by atoms with van der Waals surface area (Å²) in [7, 11) is -3.22. The van der Waals surface area contributed by atoms with Crippen LogP contribution in [0.3, 0.4) is 0 Å². The second kappa shape index (κ2) is 6.79. The molecule has 6 heteroatoms. The van der Waals surface area contributed by atoms with E-state index in [-0.39, 0.29) is 22.0 Å². The standard InChI is InChI=1S/C16H24N2O3S/c1-3-22(20,21)14-6-4-13(5-7-14)15(19)18-12-16(2)8-10-17-11-9-16/h4-7,17H,3,8-12H2,1-2H3,(H,18,19). The summed E-state index contributed by atoms with van der Waals surface area (Å²) in [5.74, 6) is -0.0921. The lowest BCUT2D eigenvalue weighted by molar-refractivity contribution is 0.0922. The second-order valence-corrected chi connectivity index (χ2v) is 8.45. The number of sulfone groups is 1. The molecule has 0 aromatic heterocycles. The summed E-state index contributed by atoms with van der Waals surface area (Å²) < 4.78 is 23.5. The van der Waals surface area contributed by atoms with Gasteiger partial charge in [0.2, 0.25) is 0 Å². The van der Waals surface area contributed by atoms with Gasteiger partial charge in [0.25, 0.3) is 5.91 Å². The van der Waals surface area contributed by atoms with Crippen LogP contribution in [0.25, 0.3) is 0 Å². The molecule has 0 unspecified atom stereocenters. The number of hydrogen-bond donors (Lipinski definition) is 2. The van der Waals surface area contributed by atoms with Crippen molar-refractivity contribution in [3.8, 4) is 0 Å². The van der Waals surface area contributed by atoms with E-state index in [0.29, 0.717) is 12.1 Å². The summed E-state index contributed by atoms with van der Waals surface area (Å²) in [5.41, 5.74) is 0.624. The largest absolute Gasteiger partial charge is 0.351 e. The summed E-state index contributed by atoms with van der Waals surface area (Å²) in [5, 5.41) is 6.28. The van der Waals surface area contributed by atoms with E-state index in [1.54, 1.807) is 19.1 Å². The molecule has 0 spiro atoms. The molecule has 1 fully saturated rings. The van der Waals surface area contributed by atoms with Crippen LogP contribution in [0.4, 0.5) is 0 Å². The van der Waals surface area contributed by atoms with Gasteiger partial charge in [0.15, 0.2) is 9.84 Å². The quantitative estimate of drug-likeness (QED) is 0.863. The van der Waals surface area contributed by atoms with Gasteiger partial charge in [0, 0.05) is 12.1 Å². The average Bonchev–Trinajstić information content (AvgIpc) is 2.53. The number of rotatable bonds is 5. The predicted octanol–water partition coefficient (Wildman–Crippen LogP) is 1.60. The van der Waals surface area contributed by atoms with E-state index in [9.17, 15) is 13.2 Å². The van der Waals surface area contributed by atoms with Crippen LogP contribution in [-0.4, -0.2) is 39.7 Å². The van der Waals surface area contributed by atoms with Gasteiger partial charge in [-0.2, -0.15) is 0 Å². The molecule has 0 atom stereocenters. The molecule has 0 bridgehead atoms. The number of carbonyl (C=O) groups is 1. The Morgan fingerprint density at radius 1 is 1.23 bits per heavy atom. The average molecular weight is 324 g/mol. The van der Waals surface area contributed by atoms with Crippen LogP contribution in [0.5, 0.6) is 0 Å². The molecular formula is C16H24N2O3S. The van der Waals surface area contributed by atoms with Crippen LogP contribution in [0, 0.1) is 5.41 Å². The van der Waals surface area contributed by atoms with Crippen LogP contribution in [0.15, 0.2) is 29.2 Å². The number of benzene rings is 1. The van der Waals surface area contributed by atoms with Crippen LogP contribution in [0.1, 0.15) is 37.0 Å². The Bertz CT molecular complexity index is 617. The van der Waals surface area contributed by atoms with E-state index in [2.05, 4.69) is 17.6 Å². The zero-order valence-electron chi connectivity index (χ0n) is 13.2. The van der Waals surface area contributed by atoms with Gasteiger partial charge in [-0.3, -0.25) is 4.79 Å². The third-order valence-corrected chi connectivity index (χ3v) is 6.09. The summed E-state index contributed by atoms with van der Waals surface area (Å²) in [4.78, 5) is 12.4. The number of piperidine rings is 1. The van der Waals surface area contributed by atoms with E-state index < -0.39 is 9.84 Å². The molecule has 2 rings (SSSR count). The highest BCUT2D eigenvalue weighted by Crippen LogP contribution is 2.26. The van der Waals surface area contributed by atoms with Gasteiger partial charge in [-0.15, -0.1) is 0 Å². The summed E-state index contributed by atoms with van der Waals surface area (Å²) >= 11 is 0. The molecule has 1 amide bonds. The molecule has 2 N–H and O–H groups in total. The minimum absolute atomic E-state index is 0.0604. The fraction of sp³-hybridized carbons (Fsp3) is 0.562.